The zero-order valence-electron chi connectivity index (χ0n) is 13.7. The molecule has 1 N–H and O–H groups in total. The van der Waals surface area contributed by atoms with Crippen LogP contribution in [-0.2, 0) is 11.8 Å². The molecule has 0 fully saturated rings. The fourth-order valence-corrected chi connectivity index (χ4v) is 4.97. The molecule has 0 aliphatic rings. The van der Waals surface area contributed by atoms with Crippen LogP contribution in [0.15, 0.2) is 61.1 Å². The van der Waals surface area contributed by atoms with E-state index in [9.17, 15) is 4.79 Å². The molecule has 0 saturated carbocycles. The van der Waals surface area contributed by atoms with E-state index in [1.54, 1.807) is 6.21 Å². The third kappa shape index (κ3) is 4.36. The Morgan fingerprint density at radius 2 is 1.92 bits per heavy atom. The Kier molecular flexibility index (Phi) is 6.16. The van der Waals surface area contributed by atoms with Crippen LogP contribution in [-0.4, -0.2) is 23.3 Å². The number of aryl methyl sites for hydroxylation is 1. The van der Waals surface area contributed by atoms with Crippen LogP contribution in [0.5, 0.6) is 5.75 Å². The summed E-state index contributed by atoms with van der Waals surface area (Å²) in [5.41, 5.74) is 4.52. The lowest BCUT2D eigenvalue weighted by Gasteiger charge is -2.09. The quantitative estimate of drug-likeness (QED) is 0.364. The van der Waals surface area contributed by atoms with Gasteiger partial charge in [-0.3, -0.25) is 4.79 Å². The van der Waals surface area contributed by atoms with Gasteiger partial charge >= 0.3 is 0 Å². The summed E-state index contributed by atoms with van der Waals surface area (Å²) in [6.07, 6.45) is 3.60. The number of ether oxygens (including phenoxy) is 1. The topological polar surface area (TPSA) is 55.6 Å². The van der Waals surface area contributed by atoms with Crippen LogP contribution in [0.3, 0.4) is 0 Å². The molecule has 0 unspecified atom stereocenters. The zero-order valence-corrected chi connectivity index (χ0v) is 18.4. The van der Waals surface area contributed by atoms with E-state index in [-0.39, 0.29) is 12.5 Å². The van der Waals surface area contributed by atoms with Crippen molar-refractivity contribution in [1.82, 2.24) is 9.99 Å². The first-order chi connectivity index (χ1) is 12.5. The summed E-state index contributed by atoms with van der Waals surface area (Å²) in [4.78, 5) is 12.0. The molecule has 0 saturated heterocycles. The van der Waals surface area contributed by atoms with Crippen molar-refractivity contribution < 1.29 is 9.53 Å². The molecular formula is C18H14Br3N3O2. The molecule has 3 aromatic rings. The van der Waals surface area contributed by atoms with Crippen LogP contribution in [0, 0.1) is 0 Å². The van der Waals surface area contributed by atoms with Crippen LogP contribution in [0.25, 0.3) is 10.9 Å². The summed E-state index contributed by atoms with van der Waals surface area (Å²) in [6.45, 7) is -0.147. The average molecular weight is 544 g/mol. The number of hydrazone groups is 1. The van der Waals surface area contributed by atoms with Crippen molar-refractivity contribution in [2.45, 2.75) is 0 Å². The molecule has 1 amide bonds. The largest absolute Gasteiger partial charge is 0.481 e. The summed E-state index contributed by atoms with van der Waals surface area (Å²) in [5.74, 6) is 0.213. The highest BCUT2D eigenvalue weighted by molar-refractivity contribution is 9.11. The number of hydrogen-bond donors (Lipinski definition) is 1. The highest BCUT2D eigenvalue weighted by atomic mass is 79.9. The van der Waals surface area contributed by atoms with Gasteiger partial charge in [-0.1, -0.05) is 34.1 Å². The van der Waals surface area contributed by atoms with Crippen molar-refractivity contribution in [3.05, 3.63) is 61.6 Å². The number of nitrogens with one attached hydrogen (secondary N) is 1. The molecule has 0 aliphatic heterocycles. The molecule has 3 rings (SSSR count). The number of rotatable bonds is 5. The first-order valence-electron chi connectivity index (χ1n) is 7.59. The highest BCUT2D eigenvalue weighted by Gasteiger charge is 2.10. The molecule has 1 heterocycles. The van der Waals surface area contributed by atoms with Crippen molar-refractivity contribution in [2.24, 2.45) is 12.1 Å². The smallest absolute Gasteiger partial charge is 0.277 e. The monoisotopic (exact) mass is 541 g/mol. The highest BCUT2D eigenvalue weighted by Crippen LogP contribution is 2.36. The number of hydrogen-bond acceptors (Lipinski definition) is 3. The average Bonchev–Trinajstić information content (AvgIpc) is 2.90. The van der Waals surface area contributed by atoms with E-state index < -0.39 is 0 Å². The number of amides is 1. The molecule has 2 aromatic carbocycles. The van der Waals surface area contributed by atoms with Crippen LogP contribution in [0.4, 0.5) is 0 Å². The number of aromatic nitrogens is 1. The molecular weight excluding hydrogens is 530 g/mol. The molecule has 5 nitrogen and oxygen atoms in total. The van der Waals surface area contributed by atoms with Crippen LogP contribution >= 0.6 is 47.8 Å². The number of carbonyl (C=O) groups is 1. The maximum absolute atomic E-state index is 12.0. The van der Waals surface area contributed by atoms with Crippen molar-refractivity contribution >= 4 is 70.8 Å². The predicted octanol–water partition coefficient (Wildman–Crippen LogP) is 4.99. The van der Waals surface area contributed by atoms with E-state index in [2.05, 4.69) is 58.3 Å². The molecule has 8 heteroatoms. The second-order valence-corrected chi connectivity index (χ2v) is 8.12. The Morgan fingerprint density at radius 1 is 1.23 bits per heavy atom. The van der Waals surface area contributed by atoms with Gasteiger partial charge in [0.15, 0.2) is 6.61 Å². The molecule has 0 aliphatic carbocycles. The summed E-state index contributed by atoms with van der Waals surface area (Å²) < 4.78 is 9.95. The van der Waals surface area contributed by atoms with Crippen molar-refractivity contribution in [3.63, 3.8) is 0 Å². The number of nitrogens with zero attached hydrogens (tertiary/aromatic N) is 2. The third-order valence-electron chi connectivity index (χ3n) is 3.63. The molecule has 0 bridgehead atoms. The predicted molar refractivity (Wildman–Crippen MR) is 114 cm³/mol. The van der Waals surface area contributed by atoms with Gasteiger partial charge in [-0.05, 0) is 50.1 Å². The molecule has 26 heavy (non-hydrogen) atoms. The van der Waals surface area contributed by atoms with E-state index >= 15 is 0 Å². The van der Waals surface area contributed by atoms with Gasteiger partial charge < -0.3 is 9.30 Å². The van der Waals surface area contributed by atoms with Crippen LogP contribution < -0.4 is 10.2 Å². The van der Waals surface area contributed by atoms with Gasteiger partial charge in [0.1, 0.15) is 5.75 Å². The van der Waals surface area contributed by atoms with Gasteiger partial charge in [-0.15, -0.1) is 0 Å². The minimum absolute atomic E-state index is 0.147. The van der Waals surface area contributed by atoms with Gasteiger partial charge in [0.25, 0.3) is 5.91 Å². The lowest BCUT2D eigenvalue weighted by atomic mass is 10.2. The first-order valence-corrected chi connectivity index (χ1v) is 9.97. The molecule has 134 valence electrons. The Morgan fingerprint density at radius 3 is 2.65 bits per heavy atom. The minimum atomic E-state index is -0.344. The molecule has 0 radical (unpaired) electrons. The SMILES string of the molecule is Cn1cc(/C=N/NC(=O)COc2c(Br)cc(Br)cc2Br)c2ccccc21. The lowest BCUT2D eigenvalue weighted by molar-refractivity contribution is -0.123. The Bertz CT molecular complexity index is 976. The van der Waals surface area contributed by atoms with Crippen molar-refractivity contribution in [3.8, 4) is 5.75 Å². The van der Waals surface area contributed by atoms with E-state index in [1.165, 1.54) is 0 Å². The molecule has 1 aromatic heterocycles. The van der Waals surface area contributed by atoms with E-state index in [1.807, 2.05) is 54.2 Å². The standard InChI is InChI=1S/C18H14Br3N3O2/c1-24-9-11(13-4-2-3-5-16(13)24)8-22-23-17(25)10-26-18-14(20)6-12(19)7-15(18)21/h2-9H,10H2,1H3,(H,23,25)/b22-8+. The summed E-state index contributed by atoms with van der Waals surface area (Å²) in [6, 6.07) is 11.7. The fraction of sp³-hybridized carbons (Fsp3) is 0.111. The summed E-state index contributed by atoms with van der Waals surface area (Å²) in [7, 11) is 1.97. The third-order valence-corrected chi connectivity index (χ3v) is 5.27. The second-order valence-electron chi connectivity index (χ2n) is 5.49. The maximum Gasteiger partial charge on any atom is 0.277 e. The Balaban J connectivity index is 1.61. The fourth-order valence-electron chi connectivity index (χ4n) is 2.49. The Labute approximate surface area is 175 Å². The number of carbonyl (C=O) groups excluding carboxylic acids is 1. The summed E-state index contributed by atoms with van der Waals surface area (Å²) in [5, 5.41) is 5.10. The van der Waals surface area contributed by atoms with Gasteiger partial charge in [-0.25, -0.2) is 5.43 Å². The van der Waals surface area contributed by atoms with Crippen molar-refractivity contribution in [2.75, 3.05) is 6.61 Å². The van der Waals surface area contributed by atoms with Crippen LogP contribution in [0.2, 0.25) is 0 Å². The van der Waals surface area contributed by atoms with E-state index in [0.717, 1.165) is 29.9 Å². The lowest BCUT2D eigenvalue weighted by Crippen LogP contribution is -2.24. The first kappa shape index (κ1) is 19.1. The van der Waals surface area contributed by atoms with E-state index in [4.69, 9.17) is 4.74 Å². The second kappa shape index (κ2) is 8.37. The minimum Gasteiger partial charge on any atom is -0.481 e. The number of halogens is 3. The molecule has 0 spiro atoms. The van der Waals surface area contributed by atoms with Crippen LogP contribution in [0.1, 0.15) is 5.56 Å². The Hall–Kier alpha value is -1.64. The summed E-state index contributed by atoms with van der Waals surface area (Å²) >= 11 is 10.2. The van der Waals surface area contributed by atoms with E-state index in [0.29, 0.717) is 5.75 Å². The maximum atomic E-state index is 12.0. The van der Waals surface area contributed by atoms with Crippen molar-refractivity contribution in [1.29, 1.82) is 0 Å². The number of benzene rings is 2. The van der Waals surface area contributed by atoms with Gasteiger partial charge in [-0.2, -0.15) is 5.10 Å². The van der Waals surface area contributed by atoms with Gasteiger partial charge in [0.05, 0.1) is 15.2 Å². The zero-order chi connectivity index (χ0) is 18.7. The number of fused-ring (bicyclic) bond motifs is 1. The molecule has 0 atom stereocenters. The van der Waals surface area contributed by atoms with Gasteiger partial charge in [0.2, 0.25) is 0 Å². The van der Waals surface area contributed by atoms with Gasteiger partial charge in [0, 0.05) is 34.2 Å². The normalized spacial score (nSPS) is 11.2. The number of para-hydroxylation sites is 1.